The van der Waals surface area contributed by atoms with Gasteiger partial charge in [-0.25, -0.2) is 18.4 Å². The molecule has 0 unspecified atom stereocenters. The standard InChI is InChI=1S/C29H26F2N6/c30-21-9-6-10-22(18-21)37-27(32)25-26(23-11-4-5-12-24(23)31)33-29(34-28(25)35-37)36-15-13-20(14-16-36)17-19-7-2-1-3-8-19/h1-12,18,20H,13-17,32H2. The summed E-state index contributed by atoms with van der Waals surface area (Å²) in [6.07, 6.45) is 3.06. The molecule has 3 heterocycles. The number of piperidine rings is 1. The molecule has 6 nitrogen and oxygen atoms in total. The average molecular weight is 497 g/mol. The van der Waals surface area contributed by atoms with Gasteiger partial charge in [0.25, 0.3) is 0 Å². The number of fused-ring (bicyclic) bond motifs is 1. The number of hydrogen-bond acceptors (Lipinski definition) is 5. The average Bonchev–Trinajstić information content (AvgIpc) is 3.26. The van der Waals surface area contributed by atoms with Crippen molar-refractivity contribution in [1.29, 1.82) is 0 Å². The topological polar surface area (TPSA) is 72.9 Å². The third-order valence-electron chi connectivity index (χ3n) is 7.00. The Morgan fingerprint density at radius 3 is 2.38 bits per heavy atom. The molecule has 0 aliphatic carbocycles. The molecule has 1 fully saturated rings. The van der Waals surface area contributed by atoms with Crippen molar-refractivity contribution in [2.45, 2.75) is 19.3 Å². The fourth-order valence-corrected chi connectivity index (χ4v) is 5.08. The molecule has 0 atom stereocenters. The Morgan fingerprint density at radius 1 is 0.865 bits per heavy atom. The SMILES string of the molecule is Nc1c2c(-c3ccccc3F)nc(N3CCC(Cc4ccccc4)CC3)nc2nn1-c1cccc(F)c1. The van der Waals surface area contributed by atoms with Crippen molar-refractivity contribution in [3.05, 3.63) is 96.1 Å². The Hall–Kier alpha value is -4.33. The van der Waals surface area contributed by atoms with Crippen LogP contribution in [0.2, 0.25) is 0 Å². The summed E-state index contributed by atoms with van der Waals surface area (Å²) in [6, 6.07) is 23.0. The second-order valence-corrected chi connectivity index (χ2v) is 9.45. The fraction of sp³-hybridized carbons (Fsp3) is 0.207. The van der Waals surface area contributed by atoms with Crippen LogP contribution in [-0.2, 0) is 6.42 Å². The van der Waals surface area contributed by atoms with Gasteiger partial charge in [0, 0.05) is 18.7 Å². The number of nitrogens with two attached hydrogens (primary N) is 1. The molecule has 1 aliphatic rings. The maximum absolute atomic E-state index is 15.0. The molecule has 0 saturated carbocycles. The van der Waals surface area contributed by atoms with E-state index in [9.17, 15) is 8.78 Å². The number of benzene rings is 3. The van der Waals surface area contributed by atoms with Crippen LogP contribution in [0, 0.1) is 17.6 Å². The Balaban J connectivity index is 1.39. The molecule has 37 heavy (non-hydrogen) atoms. The molecule has 2 aromatic heterocycles. The van der Waals surface area contributed by atoms with Gasteiger partial charge in [-0.05, 0) is 61.1 Å². The van der Waals surface area contributed by atoms with Crippen LogP contribution >= 0.6 is 0 Å². The maximum Gasteiger partial charge on any atom is 0.228 e. The van der Waals surface area contributed by atoms with Gasteiger partial charge in [-0.2, -0.15) is 4.98 Å². The Labute approximate surface area is 213 Å². The Bertz CT molecular complexity index is 1560. The van der Waals surface area contributed by atoms with Crippen molar-refractivity contribution in [2.75, 3.05) is 23.7 Å². The predicted octanol–water partition coefficient (Wildman–Crippen LogP) is 5.80. The fourth-order valence-electron chi connectivity index (χ4n) is 5.08. The second kappa shape index (κ2) is 9.61. The summed E-state index contributed by atoms with van der Waals surface area (Å²) < 4.78 is 30.3. The molecule has 0 radical (unpaired) electrons. The van der Waals surface area contributed by atoms with Crippen molar-refractivity contribution >= 4 is 22.8 Å². The first-order chi connectivity index (χ1) is 18.1. The van der Waals surface area contributed by atoms with Gasteiger partial charge >= 0.3 is 0 Å². The van der Waals surface area contributed by atoms with E-state index in [1.54, 1.807) is 30.3 Å². The first-order valence-electron chi connectivity index (χ1n) is 12.4. The molecule has 0 bridgehead atoms. The lowest BCUT2D eigenvalue weighted by molar-refractivity contribution is 0.401. The zero-order valence-corrected chi connectivity index (χ0v) is 20.2. The first kappa shape index (κ1) is 23.1. The third-order valence-corrected chi connectivity index (χ3v) is 7.00. The van der Waals surface area contributed by atoms with Crippen LogP contribution in [0.4, 0.5) is 20.5 Å². The van der Waals surface area contributed by atoms with E-state index < -0.39 is 11.6 Å². The molecular formula is C29H26F2N6. The Kier molecular flexibility index (Phi) is 6.00. The molecule has 3 aromatic carbocycles. The quantitative estimate of drug-likeness (QED) is 0.333. The first-order valence-corrected chi connectivity index (χ1v) is 12.4. The van der Waals surface area contributed by atoms with Gasteiger partial charge < -0.3 is 10.6 Å². The lowest BCUT2D eigenvalue weighted by atomic mass is 9.90. The number of rotatable bonds is 5. The molecule has 2 N–H and O–H groups in total. The number of halogens is 2. The van der Waals surface area contributed by atoms with E-state index in [1.165, 1.54) is 28.4 Å². The van der Waals surface area contributed by atoms with Gasteiger partial charge in [-0.3, -0.25) is 0 Å². The normalized spacial score (nSPS) is 14.4. The van der Waals surface area contributed by atoms with Crippen LogP contribution in [0.3, 0.4) is 0 Å². The van der Waals surface area contributed by atoms with Gasteiger partial charge in [0.2, 0.25) is 5.95 Å². The van der Waals surface area contributed by atoms with Gasteiger partial charge in [0.05, 0.1) is 16.8 Å². The van der Waals surface area contributed by atoms with E-state index in [1.807, 2.05) is 6.07 Å². The van der Waals surface area contributed by atoms with Crippen molar-refractivity contribution in [2.24, 2.45) is 5.92 Å². The number of aromatic nitrogens is 4. The molecule has 5 aromatic rings. The van der Waals surface area contributed by atoms with Crippen molar-refractivity contribution < 1.29 is 8.78 Å². The zero-order chi connectivity index (χ0) is 25.4. The van der Waals surface area contributed by atoms with E-state index in [2.05, 4.69) is 34.3 Å². The highest BCUT2D eigenvalue weighted by molar-refractivity contribution is 5.99. The molecule has 1 aliphatic heterocycles. The highest BCUT2D eigenvalue weighted by atomic mass is 19.1. The smallest absolute Gasteiger partial charge is 0.228 e. The summed E-state index contributed by atoms with van der Waals surface area (Å²) in [5, 5.41) is 5.03. The van der Waals surface area contributed by atoms with Crippen LogP contribution in [0.25, 0.3) is 28.0 Å². The number of nitrogen functional groups attached to an aromatic ring is 1. The summed E-state index contributed by atoms with van der Waals surface area (Å²) in [7, 11) is 0. The van der Waals surface area contributed by atoms with E-state index in [-0.39, 0.29) is 5.82 Å². The lowest BCUT2D eigenvalue weighted by Crippen LogP contribution is -2.35. The largest absolute Gasteiger partial charge is 0.383 e. The summed E-state index contributed by atoms with van der Waals surface area (Å²) in [4.78, 5) is 11.7. The van der Waals surface area contributed by atoms with Crippen LogP contribution in [0.5, 0.6) is 0 Å². The van der Waals surface area contributed by atoms with E-state index >= 15 is 0 Å². The highest BCUT2D eigenvalue weighted by Gasteiger charge is 2.26. The predicted molar refractivity (Wildman–Crippen MR) is 142 cm³/mol. The molecule has 1 saturated heterocycles. The van der Waals surface area contributed by atoms with Crippen molar-refractivity contribution in [3.63, 3.8) is 0 Å². The summed E-state index contributed by atoms with van der Waals surface area (Å²) in [5.74, 6) is 0.486. The van der Waals surface area contributed by atoms with E-state index in [0.717, 1.165) is 32.4 Å². The van der Waals surface area contributed by atoms with Crippen molar-refractivity contribution in [1.82, 2.24) is 19.7 Å². The zero-order valence-electron chi connectivity index (χ0n) is 20.2. The summed E-state index contributed by atoms with van der Waals surface area (Å²) >= 11 is 0. The third kappa shape index (κ3) is 4.50. The molecule has 0 amide bonds. The number of hydrogen-bond donors (Lipinski definition) is 1. The number of anilines is 2. The van der Waals surface area contributed by atoms with Gasteiger partial charge in [-0.15, -0.1) is 5.10 Å². The minimum absolute atomic E-state index is 0.229. The molecule has 8 heteroatoms. The minimum Gasteiger partial charge on any atom is -0.383 e. The maximum atomic E-state index is 15.0. The van der Waals surface area contributed by atoms with Crippen molar-refractivity contribution in [3.8, 4) is 16.9 Å². The molecule has 186 valence electrons. The van der Waals surface area contributed by atoms with Crippen LogP contribution in [0.15, 0.2) is 78.9 Å². The molecular weight excluding hydrogens is 470 g/mol. The summed E-state index contributed by atoms with van der Waals surface area (Å²) in [6.45, 7) is 1.58. The molecule has 0 spiro atoms. The number of nitrogens with zero attached hydrogens (tertiary/aromatic N) is 5. The summed E-state index contributed by atoms with van der Waals surface area (Å²) in [5.41, 5.74) is 9.34. The van der Waals surface area contributed by atoms with E-state index in [0.29, 0.717) is 39.8 Å². The Morgan fingerprint density at radius 2 is 1.62 bits per heavy atom. The second-order valence-electron chi connectivity index (χ2n) is 9.45. The van der Waals surface area contributed by atoms with Crippen LogP contribution in [-0.4, -0.2) is 32.8 Å². The van der Waals surface area contributed by atoms with Crippen LogP contribution in [0.1, 0.15) is 18.4 Å². The van der Waals surface area contributed by atoms with Gasteiger partial charge in [0.1, 0.15) is 17.5 Å². The minimum atomic E-state index is -0.409. The highest BCUT2D eigenvalue weighted by Crippen LogP contribution is 2.35. The van der Waals surface area contributed by atoms with E-state index in [4.69, 9.17) is 15.7 Å². The van der Waals surface area contributed by atoms with Gasteiger partial charge in [0.15, 0.2) is 5.65 Å². The lowest BCUT2D eigenvalue weighted by Gasteiger charge is -2.32. The van der Waals surface area contributed by atoms with Gasteiger partial charge in [-0.1, -0.05) is 48.5 Å². The monoisotopic (exact) mass is 496 g/mol. The molecule has 6 rings (SSSR count). The van der Waals surface area contributed by atoms with Crippen LogP contribution < -0.4 is 10.6 Å².